The minimum atomic E-state index is -3.58. The maximum atomic E-state index is 11.9. The predicted octanol–water partition coefficient (Wildman–Crippen LogP) is 1.77. The fraction of sp³-hybridized carbons (Fsp3) is 0.545. The Morgan fingerprint density at radius 2 is 2.28 bits per heavy atom. The fourth-order valence-electron chi connectivity index (χ4n) is 1.73. The van der Waals surface area contributed by atoms with E-state index >= 15 is 0 Å². The molecule has 100 valence electrons. The van der Waals surface area contributed by atoms with Gasteiger partial charge >= 0.3 is 5.97 Å². The maximum absolute atomic E-state index is 11.9. The van der Waals surface area contributed by atoms with Crippen molar-refractivity contribution in [3.8, 4) is 0 Å². The molecule has 2 rings (SSSR count). The average Bonchev–Trinajstić information content (AvgIpc) is 3.02. The molecule has 2 N–H and O–H groups in total. The third kappa shape index (κ3) is 3.09. The summed E-state index contributed by atoms with van der Waals surface area (Å²) < 4.78 is 26.4. The van der Waals surface area contributed by atoms with Gasteiger partial charge in [-0.05, 0) is 30.7 Å². The second-order valence-corrected chi connectivity index (χ2v) is 7.30. The lowest BCUT2D eigenvalue weighted by Gasteiger charge is -2.10. The van der Waals surface area contributed by atoms with Crippen molar-refractivity contribution < 1.29 is 18.3 Å². The van der Waals surface area contributed by atoms with Crippen LogP contribution in [0, 0.1) is 11.8 Å². The number of aromatic carboxylic acids is 1. The number of carbonyl (C=O) groups is 1. The zero-order valence-electron chi connectivity index (χ0n) is 9.92. The van der Waals surface area contributed by atoms with Crippen LogP contribution < -0.4 is 4.72 Å². The summed E-state index contributed by atoms with van der Waals surface area (Å²) in [4.78, 5) is 10.8. The molecule has 0 radical (unpaired) electrons. The number of sulfonamides is 1. The van der Waals surface area contributed by atoms with Crippen LogP contribution in [0.3, 0.4) is 0 Å². The molecule has 1 saturated carbocycles. The second kappa shape index (κ2) is 4.99. The number of rotatable bonds is 6. The van der Waals surface area contributed by atoms with Gasteiger partial charge in [-0.2, -0.15) is 0 Å². The molecule has 5 nitrogen and oxygen atoms in total. The van der Waals surface area contributed by atoms with E-state index in [-0.39, 0.29) is 9.77 Å². The van der Waals surface area contributed by atoms with Crippen LogP contribution in [0.2, 0.25) is 0 Å². The van der Waals surface area contributed by atoms with Gasteiger partial charge in [0.2, 0.25) is 10.0 Å². The Hall–Kier alpha value is -0.920. The summed E-state index contributed by atoms with van der Waals surface area (Å²) >= 11 is 0.919. The molecule has 0 saturated heterocycles. The Morgan fingerprint density at radius 1 is 1.61 bits per heavy atom. The first-order valence-electron chi connectivity index (χ1n) is 5.71. The number of nitrogens with one attached hydrogen (secondary N) is 1. The first kappa shape index (κ1) is 13.5. The van der Waals surface area contributed by atoms with Crippen LogP contribution in [-0.2, 0) is 10.0 Å². The van der Waals surface area contributed by atoms with Gasteiger partial charge in [-0.15, -0.1) is 11.3 Å². The zero-order valence-corrected chi connectivity index (χ0v) is 11.6. The van der Waals surface area contributed by atoms with Crippen LogP contribution in [0.1, 0.15) is 29.4 Å². The van der Waals surface area contributed by atoms with E-state index in [1.165, 1.54) is 24.3 Å². The van der Waals surface area contributed by atoms with Gasteiger partial charge in [0.1, 0.15) is 4.88 Å². The highest BCUT2D eigenvalue weighted by atomic mass is 32.2. The quantitative estimate of drug-likeness (QED) is 0.836. The monoisotopic (exact) mass is 289 g/mol. The van der Waals surface area contributed by atoms with E-state index in [4.69, 9.17) is 5.11 Å². The number of carboxylic acid groups (broad SMARTS) is 1. The predicted molar refractivity (Wildman–Crippen MR) is 68.4 cm³/mol. The standard InChI is InChI=1S/C11H15NO4S2/c1-7(8-2-3-8)5-12-18(15,16)9-4-10(11(13)14)17-6-9/h4,6-8,12H,2-3,5H2,1H3,(H,13,14). The van der Waals surface area contributed by atoms with Crippen LogP contribution in [0.25, 0.3) is 0 Å². The van der Waals surface area contributed by atoms with Crippen molar-refractivity contribution in [3.05, 3.63) is 16.3 Å². The number of carboxylic acids is 1. The molecule has 1 aliphatic carbocycles. The molecule has 1 heterocycles. The maximum Gasteiger partial charge on any atom is 0.345 e. The van der Waals surface area contributed by atoms with Crippen molar-refractivity contribution in [2.24, 2.45) is 11.8 Å². The van der Waals surface area contributed by atoms with E-state index in [1.54, 1.807) is 0 Å². The molecule has 1 atom stereocenters. The van der Waals surface area contributed by atoms with Crippen molar-refractivity contribution in [2.75, 3.05) is 6.54 Å². The Kier molecular flexibility index (Phi) is 3.74. The van der Waals surface area contributed by atoms with Crippen LogP contribution in [0.15, 0.2) is 16.3 Å². The van der Waals surface area contributed by atoms with Crippen molar-refractivity contribution in [3.63, 3.8) is 0 Å². The minimum absolute atomic E-state index is 0.0330. The van der Waals surface area contributed by atoms with Gasteiger partial charge in [0, 0.05) is 11.9 Å². The summed E-state index contributed by atoms with van der Waals surface area (Å²) in [5, 5.41) is 10.1. The number of hydrogen-bond acceptors (Lipinski definition) is 4. The second-order valence-electron chi connectivity index (χ2n) is 4.62. The Balaban J connectivity index is 2.02. The van der Waals surface area contributed by atoms with Crippen molar-refractivity contribution >= 4 is 27.3 Å². The SMILES string of the molecule is CC(CNS(=O)(=O)c1csc(C(=O)O)c1)C1CC1. The molecule has 1 aromatic rings. The molecular weight excluding hydrogens is 274 g/mol. The van der Waals surface area contributed by atoms with E-state index in [2.05, 4.69) is 4.72 Å². The molecular formula is C11H15NO4S2. The smallest absolute Gasteiger partial charge is 0.345 e. The third-order valence-electron chi connectivity index (χ3n) is 3.12. The summed E-state index contributed by atoms with van der Waals surface area (Å²) in [6.07, 6.45) is 2.34. The fourth-order valence-corrected chi connectivity index (χ4v) is 3.98. The molecule has 0 amide bonds. The van der Waals surface area contributed by atoms with Gasteiger partial charge in [-0.25, -0.2) is 17.9 Å². The topological polar surface area (TPSA) is 83.5 Å². The highest BCUT2D eigenvalue weighted by molar-refractivity contribution is 7.89. The number of thiophene rings is 1. The van der Waals surface area contributed by atoms with Gasteiger partial charge in [0.05, 0.1) is 4.90 Å². The van der Waals surface area contributed by atoms with Crippen LogP contribution in [0.4, 0.5) is 0 Å². The molecule has 1 aromatic heterocycles. The van der Waals surface area contributed by atoms with E-state index in [0.717, 1.165) is 11.3 Å². The Bertz CT molecular complexity index is 545. The van der Waals surface area contributed by atoms with Crippen molar-refractivity contribution in [2.45, 2.75) is 24.7 Å². The summed E-state index contributed by atoms with van der Waals surface area (Å²) in [7, 11) is -3.58. The largest absolute Gasteiger partial charge is 0.477 e. The molecule has 0 bridgehead atoms. The Labute approximate surface area is 110 Å². The van der Waals surface area contributed by atoms with Gasteiger partial charge in [-0.1, -0.05) is 6.92 Å². The van der Waals surface area contributed by atoms with Gasteiger partial charge in [-0.3, -0.25) is 0 Å². The summed E-state index contributed by atoms with van der Waals surface area (Å²) in [6, 6.07) is 1.19. The van der Waals surface area contributed by atoms with E-state index in [1.807, 2.05) is 6.92 Å². The van der Waals surface area contributed by atoms with Crippen LogP contribution >= 0.6 is 11.3 Å². The van der Waals surface area contributed by atoms with Crippen LogP contribution in [-0.4, -0.2) is 26.0 Å². The lowest BCUT2D eigenvalue weighted by molar-refractivity contribution is 0.0702. The van der Waals surface area contributed by atoms with E-state index in [0.29, 0.717) is 18.4 Å². The minimum Gasteiger partial charge on any atom is -0.477 e. The Morgan fingerprint density at radius 3 is 2.78 bits per heavy atom. The van der Waals surface area contributed by atoms with E-state index < -0.39 is 16.0 Å². The highest BCUT2D eigenvalue weighted by Crippen LogP contribution is 2.36. The van der Waals surface area contributed by atoms with Gasteiger partial charge in [0.25, 0.3) is 0 Å². The molecule has 1 unspecified atom stereocenters. The van der Waals surface area contributed by atoms with Crippen LogP contribution in [0.5, 0.6) is 0 Å². The average molecular weight is 289 g/mol. The molecule has 1 aliphatic rings. The number of hydrogen-bond donors (Lipinski definition) is 2. The molecule has 0 aliphatic heterocycles. The molecule has 18 heavy (non-hydrogen) atoms. The molecule has 0 spiro atoms. The summed E-state index contributed by atoms with van der Waals surface area (Å²) in [5.74, 6) is -0.144. The normalized spacial score (nSPS) is 17.6. The third-order valence-corrected chi connectivity index (χ3v) is 5.59. The van der Waals surface area contributed by atoms with Crippen molar-refractivity contribution in [1.29, 1.82) is 0 Å². The first-order chi connectivity index (χ1) is 8.40. The zero-order chi connectivity index (χ0) is 13.3. The molecule has 1 fully saturated rings. The molecule has 0 aromatic carbocycles. The lowest BCUT2D eigenvalue weighted by Crippen LogP contribution is -2.28. The molecule has 7 heteroatoms. The highest BCUT2D eigenvalue weighted by Gasteiger charge is 2.29. The van der Waals surface area contributed by atoms with Crippen molar-refractivity contribution in [1.82, 2.24) is 4.72 Å². The lowest BCUT2D eigenvalue weighted by atomic mass is 10.1. The van der Waals surface area contributed by atoms with Gasteiger partial charge in [0.15, 0.2) is 0 Å². The summed E-state index contributed by atoms with van der Waals surface area (Å²) in [6.45, 7) is 2.43. The first-order valence-corrected chi connectivity index (χ1v) is 8.08. The van der Waals surface area contributed by atoms with Gasteiger partial charge < -0.3 is 5.11 Å². The summed E-state index contributed by atoms with van der Waals surface area (Å²) in [5.41, 5.74) is 0. The van der Waals surface area contributed by atoms with E-state index in [9.17, 15) is 13.2 Å².